The number of anilines is 2. The van der Waals surface area contributed by atoms with E-state index < -0.39 is 38.7 Å². The minimum atomic E-state index is -5.08. The largest absolute Gasteiger partial charge is 0.490 e. The van der Waals surface area contributed by atoms with Gasteiger partial charge in [0.15, 0.2) is 5.65 Å². The molecule has 0 unspecified atom stereocenters. The van der Waals surface area contributed by atoms with Crippen molar-refractivity contribution in [2.75, 3.05) is 42.9 Å². The van der Waals surface area contributed by atoms with Gasteiger partial charge in [0.05, 0.1) is 7.11 Å². The van der Waals surface area contributed by atoms with E-state index >= 15 is 0 Å². The second kappa shape index (κ2) is 12.7. The standard InChI is InChI=1S/C24H22F2N6O3S.C2HF3O2/c1-35-24-20(31-36(33,34)22-3-2-17(25)12-19(22)26)11-16(14-30-24)15-10-18-21(32-8-6-27-7-9-32)4-5-28-23(18)29-13-15;3-2(4,5)1(6)7/h2-5,10-14,27,31H,6-9H2,1H3;(H,6,7). The molecule has 0 aliphatic carbocycles. The summed E-state index contributed by atoms with van der Waals surface area (Å²) in [4.78, 5) is 23.5. The van der Waals surface area contributed by atoms with Crippen LogP contribution in [0.5, 0.6) is 5.88 Å². The topological polar surface area (TPSA) is 147 Å². The number of hydrogen-bond acceptors (Lipinski definition) is 9. The number of piperazine rings is 1. The number of methoxy groups -OCH3 is 1. The Hall–Kier alpha value is -4.64. The minimum absolute atomic E-state index is 0.00710. The van der Waals surface area contributed by atoms with Crippen LogP contribution in [0.1, 0.15) is 0 Å². The van der Waals surface area contributed by atoms with E-state index in [2.05, 4.69) is 29.9 Å². The quantitative estimate of drug-likeness (QED) is 0.270. The second-order valence-electron chi connectivity index (χ2n) is 8.93. The lowest BCUT2D eigenvalue weighted by Crippen LogP contribution is -2.43. The number of benzene rings is 1. The number of carboxylic acid groups (broad SMARTS) is 1. The van der Waals surface area contributed by atoms with Crippen LogP contribution in [0.4, 0.5) is 33.3 Å². The van der Waals surface area contributed by atoms with E-state index in [9.17, 15) is 30.4 Å². The van der Waals surface area contributed by atoms with Crippen molar-refractivity contribution >= 4 is 38.4 Å². The number of rotatable bonds is 6. The highest BCUT2D eigenvalue weighted by Gasteiger charge is 2.38. The van der Waals surface area contributed by atoms with Crippen molar-refractivity contribution in [1.82, 2.24) is 20.3 Å². The molecule has 1 saturated heterocycles. The van der Waals surface area contributed by atoms with Crippen LogP contribution in [0.3, 0.4) is 0 Å². The molecule has 0 amide bonds. The van der Waals surface area contributed by atoms with Gasteiger partial charge in [-0.25, -0.2) is 36.9 Å². The summed E-state index contributed by atoms with van der Waals surface area (Å²) in [6.45, 7) is 3.44. The summed E-state index contributed by atoms with van der Waals surface area (Å²) in [7, 11) is -3.06. The highest BCUT2D eigenvalue weighted by molar-refractivity contribution is 7.92. The molecule has 1 aliphatic rings. The Balaban J connectivity index is 0.000000541. The first-order valence-corrected chi connectivity index (χ1v) is 13.8. The Kier molecular flexibility index (Phi) is 9.24. The number of fused-ring (bicyclic) bond motifs is 1. The summed E-state index contributed by atoms with van der Waals surface area (Å²) in [5.74, 6) is -4.86. The number of nitrogens with one attached hydrogen (secondary N) is 2. The van der Waals surface area contributed by atoms with Crippen molar-refractivity contribution in [3.8, 4) is 17.0 Å². The van der Waals surface area contributed by atoms with E-state index in [0.717, 1.165) is 49.4 Å². The summed E-state index contributed by atoms with van der Waals surface area (Å²) >= 11 is 0. The van der Waals surface area contributed by atoms with Crippen LogP contribution in [-0.4, -0.2) is 73.9 Å². The zero-order valence-electron chi connectivity index (χ0n) is 22.2. The van der Waals surface area contributed by atoms with E-state index in [-0.39, 0.29) is 11.6 Å². The van der Waals surface area contributed by atoms with Gasteiger partial charge in [0, 0.05) is 73.0 Å². The molecule has 1 fully saturated rings. The molecule has 4 heterocycles. The molecule has 0 saturated carbocycles. The molecule has 5 rings (SSSR count). The Bertz CT molecular complexity index is 1750. The molecule has 11 nitrogen and oxygen atoms in total. The van der Waals surface area contributed by atoms with Crippen molar-refractivity contribution < 1.29 is 45.0 Å². The van der Waals surface area contributed by atoms with Crippen LogP contribution in [0.25, 0.3) is 22.2 Å². The van der Waals surface area contributed by atoms with Crippen LogP contribution >= 0.6 is 0 Å². The van der Waals surface area contributed by atoms with Gasteiger partial charge in [-0.15, -0.1) is 0 Å². The first-order chi connectivity index (χ1) is 20.3. The number of aromatic nitrogens is 3. The number of ether oxygens (including phenoxy) is 1. The molecule has 4 aromatic rings. The molecule has 3 aromatic heterocycles. The highest BCUT2D eigenvalue weighted by atomic mass is 32.2. The first kappa shape index (κ1) is 31.3. The van der Waals surface area contributed by atoms with Crippen molar-refractivity contribution in [1.29, 1.82) is 0 Å². The minimum Gasteiger partial charge on any atom is -0.480 e. The zero-order chi connectivity index (χ0) is 31.4. The third kappa shape index (κ3) is 7.42. The molecular weight excluding hydrogens is 603 g/mol. The molecule has 228 valence electrons. The van der Waals surface area contributed by atoms with E-state index in [4.69, 9.17) is 14.6 Å². The first-order valence-electron chi connectivity index (χ1n) is 12.3. The van der Waals surface area contributed by atoms with Crippen molar-refractivity contribution in [3.05, 3.63) is 66.6 Å². The van der Waals surface area contributed by atoms with Crippen LogP contribution < -0.4 is 19.7 Å². The number of nitrogens with zero attached hydrogens (tertiary/aromatic N) is 4. The Labute approximate surface area is 241 Å². The Morgan fingerprint density at radius 2 is 1.67 bits per heavy atom. The number of carboxylic acids is 1. The van der Waals surface area contributed by atoms with E-state index in [0.29, 0.717) is 22.8 Å². The third-order valence-electron chi connectivity index (χ3n) is 6.08. The predicted octanol–water partition coefficient (Wildman–Crippen LogP) is 3.82. The molecule has 43 heavy (non-hydrogen) atoms. The van der Waals surface area contributed by atoms with Crippen LogP contribution in [0.15, 0.2) is 59.9 Å². The van der Waals surface area contributed by atoms with Gasteiger partial charge in [-0.1, -0.05) is 0 Å². The number of halogens is 5. The SMILES string of the molecule is COc1ncc(-c2cnc3nccc(N4CCNCC4)c3c2)cc1NS(=O)(=O)c1ccc(F)cc1F.O=C(O)C(F)(F)F. The summed E-state index contributed by atoms with van der Waals surface area (Å²) < 4.78 is 92.4. The summed E-state index contributed by atoms with van der Waals surface area (Å²) in [5, 5.41) is 11.3. The molecule has 0 radical (unpaired) electrons. The fourth-order valence-corrected chi connectivity index (χ4v) is 5.20. The predicted molar refractivity (Wildman–Crippen MR) is 145 cm³/mol. The van der Waals surface area contributed by atoms with Gasteiger partial charge in [0.25, 0.3) is 10.0 Å². The van der Waals surface area contributed by atoms with Gasteiger partial charge in [-0.05, 0) is 30.3 Å². The average Bonchev–Trinajstić information content (AvgIpc) is 2.96. The highest BCUT2D eigenvalue weighted by Crippen LogP contribution is 2.33. The monoisotopic (exact) mass is 626 g/mol. The van der Waals surface area contributed by atoms with Crippen molar-refractivity contribution in [2.24, 2.45) is 0 Å². The molecular formula is C26H23F5N6O5S. The van der Waals surface area contributed by atoms with Gasteiger partial charge < -0.3 is 20.1 Å². The zero-order valence-corrected chi connectivity index (χ0v) is 23.0. The van der Waals surface area contributed by atoms with Gasteiger partial charge in [0.2, 0.25) is 5.88 Å². The molecule has 0 spiro atoms. The van der Waals surface area contributed by atoms with E-state index in [1.54, 1.807) is 12.4 Å². The fourth-order valence-electron chi connectivity index (χ4n) is 4.10. The lowest BCUT2D eigenvalue weighted by Gasteiger charge is -2.30. The smallest absolute Gasteiger partial charge is 0.480 e. The molecule has 3 N–H and O–H groups in total. The van der Waals surface area contributed by atoms with Gasteiger partial charge in [-0.3, -0.25) is 4.72 Å². The summed E-state index contributed by atoms with van der Waals surface area (Å²) in [5.41, 5.74) is 2.81. The number of carbonyl (C=O) groups is 1. The number of alkyl halides is 3. The maximum absolute atomic E-state index is 14.2. The number of pyridine rings is 3. The molecule has 17 heteroatoms. The fraction of sp³-hybridized carbons (Fsp3) is 0.231. The summed E-state index contributed by atoms with van der Waals surface area (Å²) in [6.07, 6.45) is -0.208. The average molecular weight is 627 g/mol. The normalized spacial score (nSPS) is 13.7. The van der Waals surface area contributed by atoms with Gasteiger partial charge >= 0.3 is 12.1 Å². The second-order valence-corrected chi connectivity index (χ2v) is 10.6. The molecule has 0 atom stereocenters. The number of aliphatic carboxylic acids is 1. The van der Waals surface area contributed by atoms with Crippen molar-refractivity contribution in [3.63, 3.8) is 0 Å². The molecule has 1 aromatic carbocycles. The van der Waals surface area contributed by atoms with Crippen LogP contribution in [-0.2, 0) is 14.8 Å². The Morgan fingerprint density at radius 3 is 2.30 bits per heavy atom. The van der Waals surface area contributed by atoms with E-state index in [1.165, 1.54) is 19.4 Å². The van der Waals surface area contributed by atoms with Gasteiger partial charge in [0.1, 0.15) is 22.2 Å². The number of hydrogen-bond donors (Lipinski definition) is 3. The van der Waals surface area contributed by atoms with Crippen molar-refractivity contribution in [2.45, 2.75) is 11.1 Å². The van der Waals surface area contributed by atoms with Gasteiger partial charge in [-0.2, -0.15) is 13.2 Å². The van der Waals surface area contributed by atoms with Crippen LogP contribution in [0.2, 0.25) is 0 Å². The molecule has 1 aliphatic heterocycles. The lowest BCUT2D eigenvalue weighted by atomic mass is 10.1. The Morgan fingerprint density at radius 1 is 1.02 bits per heavy atom. The summed E-state index contributed by atoms with van der Waals surface area (Å²) in [6, 6.07) is 7.62. The van der Waals surface area contributed by atoms with Crippen LogP contribution in [0, 0.1) is 11.6 Å². The maximum atomic E-state index is 14.2. The lowest BCUT2D eigenvalue weighted by molar-refractivity contribution is -0.192. The number of sulfonamides is 1. The third-order valence-corrected chi connectivity index (χ3v) is 7.48. The maximum Gasteiger partial charge on any atom is 0.490 e. The molecule has 0 bridgehead atoms. The van der Waals surface area contributed by atoms with E-state index in [1.807, 2.05) is 12.1 Å².